The predicted octanol–water partition coefficient (Wildman–Crippen LogP) is 10.2. The van der Waals surface area contributed by atoms with E-state index in [-0.39, 0.29) is 0 Å². The van der Waals surface area contributed by atoms with Crippen molar-refractivity contribution in [1.82, 2.24) is 14.1 Å². The Morgan fingerprint density at radius 1 is 0.400 bits per heavy atom. The lowest BCUT2D eigenvalue weighted by Gasteiger charge is -2.15. The molecule has 0 unspecified atom stereocenters. The van der Waals surface area contributed by atoms with Crippen LogP contribution in [0.2, 0.25) is 0 Å². The first-order valence-electron chi connectivity index (χ1n) is 16.1. The van der Waals surface area contributed by atoms with Gasteiger partial charge in [0, 0.05) is 21.5 Å². The van der Waals surface area contributed by atoms with E-state index in [1.807, 2.05) is 84.9 Å². The molecule has 3 aromatic heterocycles. The van der Waals surface area contributed by atoms with Gasteiger partial charge in [-0.05, 0) is 95.1 Å². The fourth-order valence-electron chi connectivity index (χ4n) is 7.17. The number of nitrogens with zero attached hydrogens (tertiary/aromatic N) is 6. The van der Waals surface area contributed by atoms with Gasteiger partial charge in [-0.25, -0.2) is 4.98 Å². The van der Waals surface area contributed by atoms with Crippen LogP contribution in [-0.4, -0.2) is 14.1 Å². The monoisotopic (exact) mass is 636 g/mol. The summed E-state index contributed by atoms with van der Waals surface area (Å²) < 4.78 is 4.32. The molecule has 0 amide bonds. The third-order valence-corrected chi connectivity index (χ3v) is 9.41. The van der Waals surface area contributed by atoms with Crippen molar-refractivity contribution < 1.29 is 0 Å². The molecule has 6 aromatic carbocycles. The number of aromatic nitrogens is 3. The van der Waals surface area contributed by atoms with Gasteiger partial charge in [-0.15, -0.1) is 0 Å². The van der Waals surface area contributed by atoms with Crippen LogP contribution < -0.4 is 0 Å². The number of benzene rings is 6. The lowest BCUT2D eigenvalue weighted by Crippen LogP contribution is -2.04. The minimum atomic E-state index is 0.543. The summed E-state index contributed by atoms with van der Waals surface area (Å²) in [7, 11) is 0. The Morgan fingerprint density at radius 3 is 1.50 bits per heavy atom. The van der Waals surface area contributed by atoms with Crippen LogP contribution in [-0.2, 0) is 0 Å². The van der Waals surface area contributed by atoms with Crippen molar-refractivity contribution in [1.29, 1.82) is 15.8 Å². The van der Waals surface area contributed by atoms with Crippen LogP contribution in [0.5, 0.6) is 0 Å². The van der Waals surface area contributed by atoms with Crippen molar-refractivity contribution in [3.8, 4) is 52.1 Å². The van der Waals surface area contributed by atoms with Gasteiger partial charge in [-0.1, -0.05) is 72.8 Å². The summed E-state index contributed by atoms with van der Waals surface area (Å²) in [6.07, 6.45) is 0. The van der Waals surface area contributed by atoms with Crippen molar-refractivity contribution in [3.63, 3.8) is 0 Å². The van der Waals surface area contributed by atoms with E-state index in [0.717, 1.165) is 71.7 Å². The molecule has 230 valence electrons. The van der Waals surface area contributed by atoms with Gasteiger partial charge in [0.25, 0.3) is 0 Å². The molecule has 0 atom stereocenters. The molecule has 0 aliphatic heterocycles. The average Bonchev–Trinajstić information content (AvgIpc) is 3.70. The summed E-state index contributed by atoms with van der Waals surface area (Å²) in [5.41, 5.74) is 9.28. The standard InChI is InChI=1S/C44H24N6/c45-25-28-16-18-41-37(20-28)38-21-29(26-46)17-19-42(38)50(41)44-24-33(30-9-7-10-31(22-30)34-11-2-1-8-32(34)27-47)23-43(48-44)49-39-14-5-3-12-35(39)36-13-4-6-15-40(36)49/h1-24H. The van der Waals surface area contributed by atoms with E-state index in [1.165, 1.54) is 0 Å². The zero-order valence-corrected chi connectivity index (χ0v) is 26.5. The molecule has 0 fully saturated rings. The molecule has 0 radical (unpaired) electrons. The third kappa shape index (κ3) is 4.44. The maximum atomic E-state index is 9.86. The Balaban J connectivity index is 1.38. The van der Waals surface area contributed by atoms with Crippen molar-refractivity contribution in [2.45, 2.75) is 0 Å². The Labute approximate surface area is 287 Å². The van der Waals surface area contributed by atoms with E-state index >= 15 is 0 Å². The normalized spacial score (nSPS) is 11.1. The van der Waals surface area contributed by atoms with Crippen LogP contribution in [0.3, 0.4) is 0 Å². The van der Waals surface area contributed by atoms with E-state index in [9.17, 15) is 15.8 Å². The van der Waals surface area contributed by atoms with Crippen molar-refractivity contribution in [2.24, 2.45) is 0 Å². The molecule has 6 nitrogen and oxygen atoms in total. The summed E-state index contributed by atoms with van der Waals surface area (Å²) >= 11 is 0. The summed E-state index contributed by atoms with van der Waals surface area (Å²) in [4.78, 5) is 5.39. The second-order valence-corrected chi connectivity index (χ2v) is 12.2. The molecule has 0 bridgehead atoms. The topological polar surface area (TPSA) is 94.1 Å². The summed E-state index contributed by atoms with van der Waals surface area (Å²) in [5, 5.41) is 33.4. The highest BCUT2D eigenvalue weighted by atomic mass is 15.1. The van der Waals surface area contributed by atoms with Gasteiger partial charge in [0.1, 0.15) is 11.6 Å². The number of hydrogen-bond acceptors (Lipinski definition) is 4. The van der Waals surface area contributed by atoms with E-state index in [2.05, 4.69) is 88.0 Å². The van der Waals surface area contributed by atoms with Gasteiger partial charge in [0.2, 0.25) is 0 Å². The first-order chi connectivity index (χ1) is 24.6. The number of pyridine rings is 1. The number of rotatable bonds is 4. The second-order valence-electron chi connectivity index (χ2n) is 12.2. The van der Waals surface area contributed by atoms with Crippen molar-refractivity contribution >= 4 is 43.6 Å². The van der Waals surface area contributed by atoms with Crippen LogP contribution >= 0.6 is 0 Å². The molecule has 9 aromatic rings. The molecular formula is C44H24N6. The highest BCUT2D eigenvalue weighted by molar-refractivity contribution is 6.11. The number of hydrogen-bond donors (Lipinski definition) is 0. The van der Waals surface area contributed by atoms with Gasteiger partial charge >= 0.3 is 0 Å². The Kier molecular flexibility index (Phi) is 6.53. The molecule has 0 aliphatic rings. The quantitative estimate of drug-likeness (QED) is 0.192. The van der Waals surface area contributed by atoms with E-state index in [1.54, 1.807) is 0 Å². The zero-order chi connectivity index (χ0) is 33.8. The first-order valence-corrected chi connectivity index (χ1v) is 16.1. The van der Waals surface area contributed by atoms with E-state index in [4.69, 9.17) is 4.98 Å². The lowest BCUT2D eigenvalue weighted by molar-refractivity contribution is 1.01. The van der Waals surface area contributed by atoms with Crippen molar-refractivity contribution in [2.75, 3.05) is 0 Å². The van der Waals surface area contributed by atoms with E-state index < -0.39 is 0 Å². The molecule has 0 saturated carbocycles. The number of para-hydroxylation sites is 2. The van der Waals surface area contributed by atoms with Crippen LogP contribution in [0.25, 0.3) is 77.5 Å². The molecule has 0 spiro atoms. The molecule has 50 heavy (non-hydrogen) atoms. The summed E-state index contributed by atoms with van der Waals surface area (Å²) in [6.45, 7) is 0. The van der Waals surface area contributed by atoms with Gasteiger partial charge in [-0.2, -0.15) is 15.8 Å². The SMILES string of the molecule is N#Cc1ccc2c(c1)c1cc(C#N)ccc1n2-c1cc(-c2cccc(-c3ccccc3C#N)c2)cc(-n2c3ccccc3c3ccccc32)n1. The smallest absolute Gasteiger partial charge is 0.140 e. The molecule has 6 heteroatoms. The minimum absolute atomic E-state index is 0.543. The fraction of sp³-hybridized carbons (Fsp3) is 0. The molecular weight excluding hydrogens is 613 g/mol. The number of fused-ring (bicyclic) bond motifs is 6. The number of nitriles is 3. The van der Waals surface area contributed by atoms with Crippen LogP contribution in [0, 0.1) is 34.0 Å². The van der Waals surface area contributed by atoms with E-state index in [0.29, 0.717) is 22.5 Å². The Bertz CT molecular complexity index is 2850. The van der Waals surface area contributed by atoms with Crippen LogP contribution in [0.4, 0.5) is 0 Å². The average molecular weight is 637 g/mol. The summed E-state index contributed by atoms with van der Waals surface area (Å²) in [5.74, 6) is 1.44. The maximum Gasteiger partial charge on any atom is 0.140 e. The lowest BCUT2D eigenvalue weighted by atomic mass is 9.96. The summed E-state index contributed by atoms with van der Waals surface area (Å²) in [6, 6.07) is 55.0. The zero-order valence-electron chi connectivity index (χ0n) is 26.5. The Morgan fingerprint density at radius 2 is 0.920 bits per heavy atom. The molecule has 0 saturated heterocycles. The Hall–Kier alpha value is -7.46. The van der Waals surface area contributed by atoms with Crippen LogP contribution in [0.1, 0.15) is 16.7 Å². The first kappa shape index (κ1) is 28.7. The fourth-order valence-corrected chi connectivity index (χ4v) is 7.17. The predicted molar refractivity (Wildman–Crippen MR) is 198 cm³/mol. The van der Waals surface area contributed by atoms with Gasteiger partial charge in [0.15, 0.2) is 0 Å². The van der Waals surface area contributed by atoms with Gasteiger partial charge < -0.3 is 0 Å². The molecule has 0 aliphatic carbocycles. The van der Waals surface area contributed by atoms with Gasteiger partial charge in [0.05, 0.1) is 57.0 Å². The highest BCUT2D eigenvalue weighted by Gasteiger charge is 2.19. The third-order valence-electron chi connectivity index (χ3n) is 9.41. The maximum absolute atomic E-state index is 9.86. The molecule has 3 heterocycles. The largest absolute Gasteiger partial charge is 0.294 e. The van der Waals surface area contributed by atoms with Crippen LogP contribution in [0.15, 0.2) is 146 Å². The highest BCUT2D eigenvalue weighted by Crippen LogP contribution is 2.37. The molecule has 9 rings (SSSR count). The minimum Gasteiger partial charge on any atom is -0.294 e. The second kappa shape index (κ2) is 11.4. The van der Waals surface area contributed by atoms with Crippen molar-refractivity contribution in [3.05, 3.63) is 162 Å². The van der Waals surface area contributed by atoms with Gasteiger partial charge in [-0.3, -0.25) is 9.13 Å². The molecule has 0 N–H and O–H groups in total.